The molecule has 0 amide bonds. The predicted molar refractivity (Wildman–Crippen MR) is 131 cm³/mol. The van der Waals surface area contributed by atoms with E-state index in [-0.39, 0.29) is 0 Å². The van der Waals surface area contributed by atoms with Crippen molar-refractivity contribution in [3.8, 4) is 0 Å². The molecule has 3 heterocycles. The summed E-state index contributed by atoms with van der Waals surface area (Å²) in [5.41, 5.74) is 1.30. The number of likely N-dealkylation sites (tertiary alicyclic amines) is 1. The summed E-state index contributed by atoms with van der Waals surface area (Å²) in [7, 11) is 0. The van der Waals surface area contributed by atoms with E-state index < -0.39 is 0 Å². The first-order valence-corrected chi connectivity index (χ1v) is 12.7. The zero-order chi connectivity index (χ0) is 19.6. The number of rotatable bonds is 5. The van der Waals surface area contributed by atoms with E-state index in [1.165, 1.54) is 67.6 Å². The Kier molecular flexibility index (Phi) is 6.12. The Morgan fingerprint density at radius 1 is 1.07 bits per heavy atom. The standard InChI is InChI=1S/C24H24BrNOS2/c25-18-8-10-20-22(15-18)29-21-6-4-5-17-7-9-19(28-24(17)23(20)21)16-27-14-13-26-11-2-1-3-12-26/h4-10,15H,1-3,11-14,16H2. The van der Waals surface area contributed by atoms with E-state index >= 15 is 0 Å². The molecule has 2 aliphatic heterocycles. The molecule has 2 nitrogen and oxygen atoms in total. The Bertz CT molecular complexity index is 1140. The lowest BCUT2D eigenvalue weighted by atomic mass is 10.1. The lowest BCUT2D eigenvalue weighted by molar-refractivity contribution is 0.113. The van der Waals surface area contributed by atoms with E-state index in [9.17, 15) is 0 Å². The third-order valence-electron chi connectivity index (χ3n) is 5.62. The number of piperidine rings is 1. The average Bonchev–Trinajstić information content (AvgIpc) is 3.00. The zero-order valence-electron chi connectivity index (χ0n) is 16.3. The molecule has 1 aromatic heterocycles. The first-order chi connectivity index (χ1) is 14.3. The minimum Gasteiger partial charge on any atom is -0.375 e. The molecule has 1 saturated heterocycles. The van der Waals surface area contributed by atoms with Gasteiger partial charge in [0.25, 0.3) is 0 Å². The van der Waals surface area contributed by atoms with Crippen LogP contribution < -0.4 is 9.75 Å². The highest BCUT2D eigenvalue weighted by Crippen LogP contribution is 2.37. The summed E-state index contributed by atoms with van der Waals surface area (Å²) < 4.78 is 9.86. The van der Waals surface area contributed by atoms with Gasteiger partial charge in [-0.15, -0.1) is 11.3 Å². The smallest absolute Gasteiger partial charge is 0.0779 e. The molecule has 150 valence electrons. The van der Waals surface area contributed by atoms with Crippen molar-refractivity contribution in [1.82, 2.24) is 4.90 Å². The van der Waals surface area contributed by atoms with Crippen molar-refractivity contribution in [3.63, 3.8) is 0 Å². The normalized spacial score (nSPS) is 19.3. The lowest BCUT2D eigenvalue weighted by Crippen LogP contribution is -2.32. The quantitative estimate of drug-likeness (QED) is 0.541. The predicted octanol–water partition coefficient (Wildman–Crippen LogP) is 5.18. The highest BCUT2D eigenvalue weighted by molar-refractivity contribution is 9.10. The molecule has 1 fully saturated rings. The van der Waals surface area contributed by atoms with Gasteiger partial charge in [-0.3, -0.25) is 0 Å². The molecule has 2 aromatic rings. The third-order valence-corrected chi connectivity index (χ3v) is 8.39. The average molecular weight is 487 g/mol. The van der Waals surface area contributed by atoms with E-state index in [1.807, 2.05) is 23.1 Å². The van der Waals surface area contributed by atoms with E-state index in [1.54, 1.807) is 0 Å². The summed E-state index contributed by atoms with van der Waals surface area (Å²) in [6.45, 7) is 5.04. The van der Waals surface area contributed by atoms with Crippen molar-refractivity contribution < 1.29 is 4.74 Å². The maximum Gasteiger partial charge on any atom is 0.0779 e. The van der Waals surface area contributed by atoms with Gasteiger partial charge < -0.3 is 9.64 Å². The molecule has 0 spiro atoms. The number of fused-ring (bicyclic) bond motifs is 4. The fourth-order valence-corrected chi connectivity index (χ4v) is 6.97. The number of hydrogen-bond acceptors (Lipinski definition) is 4. The van der Waals surface area contributed by atoms with E-state index in [0.29, 0.717) is 6.61 Å². The summed E-state index contributed by atoms with van der Waals surface area (Å²) in [6.07, 6.45) is 15.2. The number of halogens is 1. The van der Waals surface area contributed by atoms with Crippen molar-refractivity contribution >= 4 is 60.1 Å². The Morgan fingerprint density at radius 2 is 1.97 bits per heavy atom. The maximum atomic E-state index is 6.06. The Balaban J connectivity index is 1.36. The van der Waals surface area contributed by atoms with Crippen LogP contribution in [0.5, 0.6) is 0 Å². The molecule has 0 saturated carbocycles. The Hall–Kier alpha value is -1.11. The second-order valence-corrected chi connectivity index (χ2v) is 10.8. The van der Waals surface area contributed by atoms with Crippen LogP contribution in [0.3, 0.4) is 0 Å². The van der Waals surface area contributed by atoms with Crippen LogP contribution in [0.4, 0.5) is 0 Å². The minimum atomic E-state index is 0.697. The van der Waals surface area contributed by atoms with Crippen LogP contribution in [0.2, 0.25) is 0 Å². The van der Waals surface area contributed by atoms with Crippen molar-refractivity contribution in [1.29, 1.82) is 0 Å². The molecular weight excluding hydrogens is 462 g/mol. The summed E-state index contributed by atoms with van der Waals surface area (Å²) in [6, 6.07) is 6.61. The van der Waals surface area contributed by atoms with Crippen molar-refractivity contribution in [2.45, 2.75) is 19.3 Å². The number of ether oxygens (including phenoxy) is 1. The van der Waals surface area contributed by atoms with Gasteiger partial charge in [0, 0.05) is 40.7 Å². The van der Waals surface area contributed by atoms with Crippen LogP contribution in [0.25, 0.3) is 21.1 Å². The van der Waals surface area contributed by atoms with Crippen LogP contribution >= 0.6 is 39.0 Å². The fraction of sp³-hybridized carbons (Fsp3) is 0.333. The minimum absolute atomic E-state index is 0.697. The van der Waals surface area contributed by atoms with Gasteiger partial charge in [0.15, 0.2) is 0 Å². The molecule has 0 radical (unpaired) electrons. The van der Waals surface area contributed by atoms with Gasteiger partial charge in [0.2, 0.25) is 0 Å². The van der Waals surface area contributed by atoms with Crippen LogP contribution in [0.15, 0.2) is 57.5 Å². The van der Waals surface area contributed by atoms with E-state index in [4.69, 9.17) is 4.74 Å². The van der Waals surface area contributed by atoms with Gasteiger partial charge in [-0.2, -0.15) is 0 Å². The molecule has 5 rings (SSSR count). The van der Waals surface area contributed by atoms with Crippen molar-refractivity contribution in [3.05, 3.63) is 67.2 Å². The van der Waals surface area contributed by atoms with Gasteiger partial charge in [0.1, 0.15) is 0 Å². The van der Waals surface area contributed by atoms with E-state index in [2.05, 4.69) is 69.4 Å². The van der Waals surface area contributed by atoms with Crippen LogP contribution in [-0.4, -0.2) is 37.7 Å². The Labute approximate surface area is 188 Å². The zero-order valence-corrected chi connectivity index (χ0v) is 19.5. The van der Waals surface area contributed by atoms with Crippen LogP contribution in [0.1, 0.15) is 19.3 Å². The molecule has 1 aliphatic carbocycles. The summed E-state index contributed by atoms with van der Waals surface area (Å²) in [5, 5.41) is 2.71. The monoisotopic (exact) mass is 485 g/mol. The first kappa shape index (κ1) is 19.8. The molecule has 0 atom stereocenters. The third kappa shape index (κ3) is 4.35. The largest absolute Gasteiger partial charge is 0.375 e. The molecule has 0 N–H and O–H groups in total. The summed E-state index contributed by atoms with van der Waals surface area (Å²) >= 11 is 7.36. The summed E-state index contributed by atoms with van der Waals surface area (Å²) in [4.78, 5) is 5.18. The van der Waals surface area contributed by atoms with Crippen LogP contribution in [-0.2, 0) is 4.74 Å². The number of thioether (sulfide) groups is 1. The number of hydrogen-bond donors (Lipinski definition) is 0. The highest BCUT2D eigenvalue weighted by Gasteiger charge is 2.17. The first-order valence-electron chi connectivity index (χ1n) is 10.3. The highest BCUT2D eigenvalue weighted by atomic mass is 79.9. The fourth-order valence-electron chi connectivity index (χ4n) is 4.12. The van der Waals surface area contributed by atoms with Crippen molar-refractivity contribution in [2.75, 3.05) is 32.8 Å². The van der Waals surface area contributed by atoms with Gasteiger partial charge in [0.05, 0.1) is 13.2 Å². The van der Waals surface area contributed by atoms with Crippen molar-refractivity contribution in [2.24, 2.45) is 0 Å². The van der Waals surface area contributed by atoms with E-state index in [0.717, 1.165) is 17.6 Å². The van der Waals surface area contributed by atoms with Gasteiger partial charge in [-0.25, -0.2) is 0 Å². The maximum absolute atomic E-state index is 6.06. The Morgan fingerprint density at radius 3 is 2.86 bits per heavy atom. The molecule has 5 heteroatoms. The topological polar surface area (TPSA) is 12.5 Å². The number of thiophene rings is 1. The number of allylic oxidation sites excluding steroid dienone is 4. The number of benzene rings is 1. The molecule has 0 bridgehead atoms. The molecular formula is C24H24BrNOS2. The van der Waals surface area contributed by atoms with Gasteiger partial charge in [-0.1, -0.05) is 58.4 Å². The molecule has 3 aliphatic rings. The molecule has 0 unspecified atom stereocenters. The van der Waals surface area contributed by atoms with Crippen LogP contribution in [0, 0.1) is 0 Å². The SMILES string of the molecule is Brc1ccc2c3c(sc2c1)=CC=CC1=CC=C(COCCN2CCCCC2)SC=31. The molecule has 1 aromatic carbocycles. The van der Waals surface area contributed by atoms with Gasteiger partial charge >= 0.3 is 0 Å². The second kappa shape index (κ2) is 8.94. The molecule has 29 heavy (non-hydrogen) atoms. The summed E-state index contributed by atoms with van der Waals surface area (Å²) in [5.74, 6) is 0. The lowest BCUT2D eigenvalue weighted by Gasteiger charge is -2.26. The number of nitrogens with zero attached hydrogens (tertiary/aromatic N) is 1. The second-order valence-electron chi connectivity index (χ2n) is 7.65. The van der Waals surface area contributed by atoms with Gasteiger partial charge in [-0.05, 0) is 55.8 Å².